The number of hydrogen-bond donors (Lipinski definition) is 2. The zero-order valence-corrected chi connectivity index (χ0v) is 30.4. The van der Waals surface area contributed by atoms with Gasteiger partial charge in [0.15, 0.2) is 0 Å². The minimum atomic E-state index is -0.415. The van der Waals surface area contributed by atoms with Gasteiger partial charge in [0.2, 0.25) is 11.8 Å². The number of methoxy groups -OCH3 is 1. The van der Waals surface area contributed by atoms with Gasteiger partial charge in [0, 0.05) is 48.1 Å². The van der Waals surface area contributed by atoms with Crippen LogP contribution in [0.15, 0.2) is 82.8 Å². The molecule has 2 aliphatic heterocycles. The first kappa shape index (κ1) is 36.2. The van der Waals surface area contributed by atoms with Gasteiger partial charge in [0.1, 0.15) is 42.8 Å². The number of nitrogens with zero attached hydrogens (tertiary/aromatic N) is 2. The Balaban J connectivity index is 1.18. The monoisotopic (exact) mass is 760 g/mol. The SMILES string of the molecule is COc1ccc(OCCN(C(=O)C2=C(c3ccc(OCCOc4ccc(Br)cc4)cc3)C[C@@H]3CN(C(=O)CCCC(N)=O)C[C@H]2N3)C2CC2)cc1. The van der Waals surface area contributed by atoms with Gasteiger partial charge in [0.05, 0.1) is 19.7 Å². The molecule has 6 rings (SSSR count). The molecule has 1 saturated heterocycles. The van der Waals surface area contributed by atoms with Crippen molar-refractivity contribution in [2.45, 2.75) is 56.7 Å². The zero-order chi connectivity index (χ0) is 35.7. The van der Waals surface area contributed by atoms with Gasteiger partial charge in [-0.25, -0.2) is 0 Å². The molecule has 3 aromatic rings. The summed E-state index contributed by atoms with van der Waals surface area (Å²) >= 11 is 3.43. The Hall–Kier alpha value is -4.55. The van der Waals surface area contributed by atoms with Crippen LogP contribution in [0.4, 0.5) is 0 Å². The van der Waals surface area contributed by atoms with Crippen LogP contribution in [0.1, 0.15) is 44.1 Å². The van der Waals surface area contributed by atoms with Crippen LogP contribution in [0.5, 0.6) is 23.0 Å². The number of primary amides is 1. The van der Waals surface area contributed by atoms with E-state index in [4.69, 9.17) is 24.7 Å². The average Bonchev–Trinajstić information content (AvgIpc) is 3.98. The number of nitrogens with two attached hydrogens (primary N) is 1. The second-order valence-electron chi connectivity index (χ2n) is 13.1. The van der Waals surface area contributed by atoms with Crippen molar-refractivity contribution in [2.75, 3.05) is 46.6 Å². The maximum absolute atomic E-state index is 14.6. The summed E-state index contributed by atoms with van der Waals surface area (Å²) in [5, 5.41) is 3.65. The van der Waals surface area contributed by atoms with Crippen LogP contribution in [-0.2, 0) is 14.4 Å². The number of hydrogen-bond acceptors (Lipinski definition) is 8. The van der Waals surface area contributed by atoms with E-state index in [2.05, 4.69) is 21.2 Å². The molecule has 51 heavy (non-hydrogen) atoms. The van der Waals surface area contributed by atoms with Crippen molar-refractivity contribution in [3.8, 4) is 23.0 Å². The maximum Gasteiger partial charge on any atom is 0.252 e. The molecule has 12 heteroatoms. The highest BCUT2D eigenvalue weighted by Crippen LogP contribution is 2.37. The van der Waals surface area contributed by atoms with E-state index >= 15 is 0 Å². The predicted molar refractivity (Wildman–Crippen MR) is 197 cm³/mol. The fourth-order valence-corrected chi connectivity index (χ4v) is 6.93. The zero-order valence-electron chi connectivity index (χ0n) is 28.9. The summed E-state index contributed by atoms with van der Waals surface area (Å²) < 4.78 is 24.0. The number of halogens is 1. The van der Waals surface area contributed by atoms with Crippen LogP contribution in [0.25, 0.3) is 5.57 Å². The Morgan fingerprint density at radius 1 is 0.824 bits per heavy atom. The molecule has 3 aromatic carbocycles. The van der Waals surface area contributed by atoms with Crippen molar-refractivity contribution >= 4 is 39.2 Å². The Morgan fingerprint density at radius 2 is 1.41 bits per heavy atom. The fraction of sp³-hybridized carbons (Fsp3) is 0.410. The van der Waals surface area contributed by atoms with Crippen molar-refractivity contribution in [1.29, 1.82) is 0 Å². The Kier molecular flexibility index (Phi) is 12.2. The maximum atomic E-state index is 14.6. The summed E-state index contributed by atoms with van der Waals surface area (Å²) in [5.74, 6) is 2.47. The third-order valence-electron chi connectivity index (χ3n) is 9.35. The number of ether oxygens (including phenoxy) is 4. The highest BCUT2D eigenvalue weighted by Gasteiger charge is 2.43. The normalized spacial score (nSPS) is 18.2. The highest BCUT2D eigenvalue weighted by molar-refractivity contribution is 9.10. The van der Waals surface area contributed by atoms with Crippen molar-refractivity contribution < 1.29 is 33.3 Å². The third kappa shape index (κ3) is 9.83. The molecule has 3 N–H and O–H groups in total. The minimum absolute atomic E-state index is 0.0187. The summed E-state index contributed by atoms with van der Waals surface area (Å²) in [6.07, 6.45) is 3.30. The molecule has 3 aliphatic rings. The van der Waals surface area contributed by atoms with Crippen LogP contribution in [0.3, 0.4) is 0 Å². The number of rotatable bonds is 17. The summed E-state index contributed by atoms with van der Waals surface area (Å²) in [7, 11) is 1.62. The van der Waals surface area contributed by atoms with Gasteiger partial charge >= 0.3 is 0 Å². The largest absolute Gasteiger partial charge is 0.497 e. The first-order valence-electron chi connectivity index (χ1n) is 17.5. The molecule has 2 atom stereocenters. The van der Waals surface area contributed by atoms with Gasteiger partial charge in [-0.1, -0.05) is 28.1 Å². The lowest BCUT2D eigenvalue weighted by Crippen LogP contribution is -2.62. The molecule has 0 spiro atoms. The van der Waals surface area contributed by atoms with E-state index in [-0.39, 0.29) is 42.8 Å². The van der Waals surface area contributed by atoms with E-state index in [1.165, 1.54) is 0 Å². The Labute approximate surface area is 307 Å². The Bertz CT molecular complexity index is 1690. The summed E-state index contributed by atoms with van der Waals surface area (Å²) in [6.45, 7) is 2.47. The molecule has 0 aromatic heterocycles. The number of carbonyl (C=O) groups excluding carboxylic acids is 3. The lowest BCUT2D eigenvalue weighted by molar-refractivity contribution is -0.134. The summed E-state index contributed by atoms with van der Waals surface area (Å²) in [4.78, 5) is 42.9. The number of benzene rings is 3. The fourth-order valence-electron chi connectivity index (χ4n) is 6.67. The van der Waals surface area contributed by atoms with Gasteiger partial charge in [-0.2, -0.15) is 0 Å². The van der Waals surface area contributed by atoms with Crippen molar-refractivity contribution in [3.63, 3.8) is 0 Å². The van der Waals surface area contributed by atoms with Crippen molar-refractivity contribution in [2.24, 2.45) is 5.73 Å². The Morgan fingerprint density at radius 3 is 2.02 bits per heavy atom. The molecule has 2 bridgehead atoms. The second-order valence-corrected chi connectivity index (χ2v) is 14.0. The van der Waals surface area contributed by atoms with Gasteiger partial charge in [-0.15, -0.1) is 0 Å². The standard InChI is InChI=1S/C39H45BrN4O7/c1-48-30-15-17-33(18-16-30)49-20-19-44(29-9-10-29)39(47)38-34(23-28-24-43(25-35(38)42-28)37(46)4-2-3-36(41)45)26-5-11-31(12-6-26)50-21-22-51-32-13-7-27(40)8-14-32/h5-8,11-18,28-29,35,42H,2-4,9-10,19-25H2,1H3,(H2,41,45)/t28-,35-/m1/s1. The molecular formula is C39H45BrN4O7. The van der Waals surface area contributed by atoms with E-state index in [0.717, 1.165) is 39.9 Å². The smallest absolute Gasteiger partial charge is 0.252 e. The van der Waals surface area contributed by atoms with E-state index in [1.54, 1.807) is 7.11 Å². The molecule has 270 valence electrons. The topological polar surface area (TPSA) is 133 Å². The lowest BCUT2D eigenvalue weighted by Gasteiger charge is -2.45. The van der Waals surface area contributed by atoms with Crippen LogP contribution >= 0.6 is 15.9 Å². The van der Waals surface area contributed by atoms with Crippen LogP contribution in [-0.4, -0.2) is 92.2 Å². The molecule has 2 heterocycles. The summed E-state index contributed by atoms with van der Waals surface area (Å²) in [6, 6.07) is 22.7. The van der Waals surface area contributed by atoms with Gasteiger partial charge < -0.3 is 39.8 Å². The number of nitrogens with one attached hydrogen (secondary N) is 1. The highest BCUT2D eigenvalue weighted by atomic mass is 79.9. The van der Waals surface area contributed by atoms with E-state index in [0.29, 0.717) is 69.4 Å². The number of fused-ring (bicyclic) bond motifs is 2. The van der Waals surface area contributed by atoms with Crippen molar-refractivity contribution in [3.05, 3.63) is 88.4 Å². The average molecular weight is 762 g/mol. The van der Waals surface area contributed by atoms with E-state index in [9.17, 15) is 14.4 Å². The van der Waals surface area contributed by atoms with Crippen LogP contribution < -0.4 is 30.0 Å². The second kappa shape index (κ2) is 17.1. The molecule has 1 saturated carbocycles. The quantitative estimate of drug-likeness (QED) is 0.185. The molecule has 2 fully saturated rings. The van der Waals surface area contributed by atoms with Gasteiger partial charge in [-0.3, -0.25) is 14.4 Å². The molecule has 1 aliphatic carbocycles. The van der Waals surface area contributed by atoms with Gasteiger partial charge in [-0.05, 0) is 97.5 Å². The van der Waals surface area contributed by atoms with E-state index in [1.807, 2.05) is 82.6 Å². The molecule has 0 radical (unpaired) electrons. The number of carbonyl (C=O) groups is 3. The van der Waals surface area contributed by atoms with Gasteiger partial charge in [0.25, 0.3) is 5.91 Å². The minimum Gasteiger partial charge on any atom is -0.497 e. The first-order chi connectivity index (χ1) is 24.8. The third-order valence-corrected chi connectivity index (χ3v) is 9.88. The first-order valence-corrected chi connectivity index (χ1v) is 18.3. The molecular weight excluding hydrogens is 716 g/mol. The summed E-state index contributed by atoms with van der Waals surface area (Å²) in [5.41, 5.74) is 7.94. The van der Waals surface area contributed by atoms with E-state index < -0.39 is 5.91 Å². The molecule has 3 amide bonds. The molecule has 11 nitrogen and oxygen atoms in total. The number of piperazine rings is 1. The molecule has 0 unspecified atom stereocenters. The van der Waals surface area contributed by atoms with Crippen molar-refractivity contribution in [1.82, 2.24) is 15.1 Å². The van der Waals surface area contributed by atoms with Crippen LogP contribution in [0.2, 0.25) is 0 Å². The lowest BCUT2D eigenvalue weighted by atomic mass is 9.82. The van der Waals surface area contributed by atoms with Crippen LogP contribution in [0, 0.1) is 0 Å². The predicted octanol–water partition coefficient (Wildman–Crippen LogP) is 4.97. The number of amides is 3.